The lowest BCUT2D eigenvalue weighted by Gasteiger charge is -2.36. The Labute approximate surface area is 267 Å². The van der Waals surface area contributed by atoms with Crippen LogP contribution >= 0.6 is 0 Å². The van der Waals surface area contributed by atoms with Crippen LogP contribution < -0.4 is 25.9 Å². The number of rotatable bonds is 4. The number of hydrogen-bond acceptors (Lipinski definition) is 6. The minimum absolute atomic E-state index is 0.0183. The van der Waals surface area contributed by atoms with Crippen LogP contribution in [0.3, 0.4) is 0 Å². The van der Waals surface area contributed by atoms with Gasteiger partial charge >= 0.3 is 16.7 Å². The summed E-state index contributed by atoms with van der Waals surface area (Å²) in [6, 6.07) is 31.6. The lowest BCUT2D eigenvalue weighted by Crippen LogP contribution is -2.51. The van der Waals surface area contributed by atoms with E-state index in [1.807, 2.05) is 59.4 Å². The Balaban J connectivity index is 1.11. The van der Waals surface area contributed by atoms with Crippen molar-refractivity contribution in [2.75, 3.05) is 31.1 Å². The molecule has 7 aromatic rings. The number of aromatic nitrogens is 2. The van der Waals surface area contributed by atoms with Gasteiger partial charge in [0.2, 0.25) is 5.36 Å². The summed E-state index contributed by atoms with van der Waals surface area (Å²) >= 11 is 0. The zero-order chi connectivity index (χ0) is 32.1. The van der Waals surface area contributed by atoms with E-state index in [-0.39, 0.29) is 22.6 Å². The molecule has 0 atom stereocenters. The van der Waals surface area contributed by atoms with E-state index in [9.17, 15) is 19.2 Å². The summed E-state index contributed by atoms with van der Waals surface area (Å²) in [5.41, 5.74) is 1.12. The highest BCUT2D eigenvalue weighted by molar-refractivity contribution is 6.13. The summed E-state index contributed by atoms with van der Waals surface area (Å²) < 4.78 is 8.64. The van der Waals surface area contributed by atoms with Crippen molar-refractivity contribution in [1.82, 2.24) is 9.47 Å². The van der Waals surface area contributed by atoms with Gasteiger partial charge in [-0.25, -0.2) is 14.4 Å². The first-order chi connectivity index (χ1) is 23.0. The van der Waals surface area contributed by atoms with Gasteiger partial charge in [-0.2, -0.15) is 0 Å². The van der Waals surface area contributed by atoms with Crippen LogP contribution in [0, 0.1) is 5.36 Å². The highest BCUT2D eigenvalue weighted by Crippen LogP contribution is 2.32. The molecule has 4 heterocycles. The summed E-state index contributed by atoms with van der Waals surface area (Å²) in [5, 5.41) is 3.59. The molecule has 0 radical (unpaired) electrons. The van der Waals surface area contributed by atoms with E-state index >= 15 is 0 Å². The highest BCUT2D eigenvalue weighted by Gasteiger charge is 2.27. The average Bonchev–Trinajstić information content (AvgIpc) is 3.11. The van der Waals surface area contributed by atoms with Gasteiger partial charge in [0.25, 0.3) is 5.91 Å². The molecule has 0 N–H and O–H groups in total. The zero-order valence-electron chi connectivity index (χ0n) is 25.3. The van der Waals surface area contributed by atoms with Crippen molar-refractivity contribution in [3.63, 3.8) is 0 Å². The van der Waals surface area contributed by atoms with Crippen molar-refractivity contribution in [3.05, 3.63) is 163 Å². The van der Waals surface area contributed by atoms with Gasteiger partial charge in [0.15, 0.2) is 0 Å². The zero-order valence-corrected chi connectivity index (χ0v) is 25.3. The minimum Gasteiger partial charge on any atom is -0.422 e. The number of hydrogen-bond donors (Lipinski definition) is 0. The molecular weight excluding hydrogens is 592 g/mol. The quantitative estimate of drug-likeness (QED) is 0.216. The van der Waals surface area contributed by atoms with Crippen molar-refractivity contribution < 1.29 is 13.5 Å². The van der Waals surface area contributed by atoms with Crippen LogP contribution in [0.2, 0.25) is 0 Å². The van der Waals surface area contributed by atoms with Crippen molar-refractivity contribution >= 4 is 44.1 Å². The van der Waals surface area contributed by atoms with Crippen LogP contribution in [0.1, 0.15) is 15.9 Å². The van der Waals surface area contributed by atoms with E-state index in [1.54, 1.807) is 53.4 Å². The average molecular weight is 622 g/mol. The number of benzene rings is 4. The second kappa shape index (κ2) is 11.4. The van der Waals surface area contributed by atoms with Crippen molar-refractivity contribution in [1.29, 1.82) is 0 Å². The lowest BCUT2D eigenvalue weighted by atomic mass is 10.00. The molecule has 0 aliphatic carbocycles. The fraction of sp³-hybridized carbons (Fsp3) is 0.132. The minimum atomic E-state index is -0.648. The number of anilines is 1. The maximum absolute atomic E-state index is 13.8. The molecule has 1 amide bonds. The van der Waals surface area contributed by atoms with Crippen LogP contribution in [0.25, 0.3) is 32.5 Å². The predicted octanol–water partition coefficient (Wildman–Crippen LogP) is 4.16. The fourth-order valence-electron chi connectivity index (χ4n) is 6.62. The van der Waals surface area contributed by atoms with E-state index in [0.717, 1.165) is 16.6 Å². The lowest BCUT2D eigenvalue weighted by molar-refractivity contribution is -0.539. The molecule has 1 aliphatic heterocycles. The van der Waals surface area contributed by atoms with Gasteiger partial charge in [-0.3, -0.25) is 4.79 Å². The fourth-order valence-corrected chi connectivity index (χ4v) is 6.62. The molecular formula is C38H29N4O5+. The van der Waals surface area contributed by atoms with Crippen molar-refractivity contribution in [2.24, 2.45) is 0 Å². The molecule has 1 aliphatic rings. The van der Waals surface area contributed by atoms with E-state index in [0.29, 0.717) is 65.2 Å². The number of carbonyl (C=O) groups excluding carboxylic acids is 1. The maximum atomic E-state index is 13.8. The number of piperazine rings is 1. The highest BCUT2D eigenvalue weighted by atomic mass is 16.4. The van der Waals surface area contributed by atoms with Crippen LogP contribution in [0.5, 0.6) is 0 Å². The molecule has 0 saturated carbocycles. The monoisotopic (exact) mass is 621 g/mol. The third kappa shape index (κ3) is 4.93. The van der Waals surface area contributed by atoms with Gasteiger partial charge in [-0.05, 0) is 35.9 Å². The molecule has 8 rings (SSSR count). The van der Waals surface area contributed by atoms with E-state index in [1.165, 1.54) is 4.24 Å². The molecule has 47 heavy (non-hydrogen) atoms. The standard InChI is InChI=1S/C38H29N4O5/c43-35(31-23-26-9-4-5-12-33(26)47-38(31)46)41-21-19-40(20-22-41)32-14-13-30-34-28(32)10-6-11-29(34)36(44)42(37(30)45)27-15-17-39(18-16-27)24-25-7-2-1-3-8-25/h1-18,23H,19-22,24H2/q+1. The third-order valence-corrected chi connectivity index (χ3v) is 9.00. The van der Waals surface area contributed by atoms with Crippen molar-refractivity contribution in [2.45, 2.75) is 6.54 Å². The van der Waals surface area contributed by atoms with Gasteiger partial charge in [-0.1, -0.05) is 64.9 Å². The van der Waals surface area contributed by atoms with Gasteiger partial charge in [-0.15, -0.1) is 0 Å². The predicted molar refractivity (Wildman–Crippen MR) is 180 cm³/mol. The summed E-state index contributed by atoms with van der Waals surface area (Å²) in [5.74, 6) is -0.358. The van der Waals surface area contributed by atoms with Crippen LogP contribution in [0.4, 0.5) is 5.69 Å². The van der Waals surface area contributed by atoms with Gasteiger partial charge in [0.1, 0.15) is 21.9 Å². The Kier molecular flexibility index (Phi) is 6.87. The number of fused-ring (bicyclic) bond motifs is 1. The second-order valence-electron chi connectivity index (χ2n) is 11.8. The molecule has 0 spiro atoms. The Morgan fingerprint density at radius 2 is 1.38 bits per heavy atom. The molecule has 9 nitrogen and oxygen atoms in total. The van der Waals surface area contributed by atoms with Crippen molar-refractivity contribution in [3.8, 4) is 0 Å². The number of pyridine rings is 2. The Hall–Kier alpha value is -6.09. The molecule has 9 heteroatoms. The molecule has 230 valence electrons. The largest absolute Gasteiger partial charge is 0.429 e. The summed E-state index contributed by atoms with van der Waals surface area (Å²) in [4.78, 5) is 57.5. The SMILES string of the molecule is O=C(c1cc2ccccc2oc1=O)N1CCN(c2ccc3c(=O)[n+](=c4ccn(Cc5ccccc5)cc4)c(=O)c4cccc2c43)CC1. The second-order valence-corrected chi connectivity index (χ2v) is 11.8. The molecule has 3 aromatic heterocycles. The van der Waals surface area contributed by atoms with E-state index < -0.39 is 5.63 Å². The first-order valence-corrected chi connectivity index (χ1v) is 15.5. The van der Waals surface area contributed by atoms with Crippen LogP contribution in [0.15, 0.2) is 134 Å². The maximum Gasteiger partial charge on any atom is 0.429 e. The summed E-state index contributed by atoms with van der Waals surface area (Å²) in [7, 11) is 0. The topological polar surface area (TPSA) is 98.7 Å². The number of para-hydroxylation sites is 1. The molecule has 0 unspecified atom stereocenters. The molecule has 4 aromatic carbocycles. The van der Waals surface area contributed by atoms with E-state index in [4.69, 9.17) is 4.42 Å². The molecule has 1 saturated heterocycles. The normalized spacial score (nSPS) is 13.5. The van der Waals surface area contributed by atoms with Gasteiger partial charge in [0.05, 0.1) is 0 Å². The Morgan fingerprint density at radius 3 is 2.15 bits per heavy atom. The van der Waals surface area contributed by atoms with Gasteiger partial charge in [0, 0.05) is 79.1 Å². The first-order valence-electron chi connectivity index (χ1n) is 15.5. The van der Waals surface area contributed by atoms with Crippen LogP contribution in [-0.2, 0) is 6.54 Å². The molecule has 0 bridgehead atoms. The first kappa shape index (κ1) is 28.4. The summed E-state index contributed by atoms with van der Waals surface area (Å²) in [6.07, 6.45) is 3.75. The third-order valence-electron chi connectivity index (χ3n) is 9.00. The van der Waals surface area contributed by atoms with Crippen LogP contribution in [-0.4, -0.2) is 41.6 Å². The summed E-state index contributed by atoms with van der Waals surface area (Å²) in [6.45, 7) is 2.51. The smallest absolute Gasteiger partial charge is 0.422 e. The Morgan fingerprint density at radius 1 is 0.702 bits per heavy atom. The van der Waals surface area contributed by atoms with Gasteiger partial charge < -0.3 is 18.8 Å². The number of carbonyl (C=O) groups is 1. The van der Waals surface area contributed by atoms with E-state index in [2.05, 4.69) is 17.0 Å². The number of amides is 1. The molecule has 1 fully saturated rings. The Bertz CT molecular complexity index is 2550. The number of nitrogens with zero attached hydrogens (tertiary/aromatic N) is 4.